The molecule has 21 heavy (non-hydrogen) atoms. The lowest BCUT2D eigenvalue weighted by atomic mass is 10.2. The summed E-state index contributed by atoms with van der Waals surface area (Å²) in [7, 11) is 0. The number of nitro benzene ring substituents is 1. The van der Waals surface area contributed by atoms with Crippen LogP contribution in [0.5, 0.6) is 11.5 Å². The molecule has 0 radical (unpaired) electrons. The molecule has 0 saturated carbocycles. The predicted molar refractivity (Wildman–Crippen MR) is 73.6 cm³/mol. The van der Waals surface area contributed by atoms with Crippen LogP contribution >= 0.6 is 0 Å². The van der Waals surface area contributed by atoms with Gasteiger partial charge in [-0.2, -0.15) is 0 Å². The normalized spacial score (nSPS) is 9.14. The Morgan fingerprint density at radius 3 is 2.10 bits per heavy atom. The van der Waals surface area contributed by atoms with Crippen LogP contribution in [0.4, 0.5) is 5.69 Å². The number of rotatable bonds is 3. The minimum atomic E-state index is -0.677. The van der Waals surface area contributed by atoms with Crippen LogP contribution in [0.3, 0.4) is 0 Å². The molecule has 0 atom stereocenters. The van der Waals surface area contributed by atoms with Gasteiger partial charge in [0.2, 0.25) is 0 Å². The summed E-state index contributed by atoms with van der Waals surface area (Å²) in [6.45, 7) is 0. The van der Waals surface area contributed by atoms with E-state index in [-0.39, 0.29) is 22.7 Å². The largest absolute Gasteiger partial charge is 0.508 e. The molecule has 0 saturated heterocycles. The van der Waals surface area contributed by atoms with Crippen LogP contribution in [0.15, 0.2) is 42.5 Å². The summed E-state index contributed by atoms with van der Waals surface area (Å²) < 4.78 is 0. The zero-order valence-corrected chi connectivity index (χ0v) is 10.7. The van der Waals surface area contributed by atoms with E-state index in [2.05, 4.69) is 0 Å². The first-order valence-corrected chi connectivity index (χ1v) is 5.64. The highest BCUT2D eigenvalue weighted by Gasteiger charge is 2.12. The van der Waals surface area contributed by atoms with Crippen molar-refractivity contribution in [2.75, 3.05) is 0 Å². The van der Waals surface area contributed by atoms with Gasteiger partial charge in [0.05, 0.1) is 10.5 Å². The van der Waals surface area contributed by atoms with Gasteiger partial charge in [0, 0.05) is 11.6 Å². The van der Waals surface area contributed by atoms with Crippen molar-refractivity contribution in [2.45, 2.75) is 0 Å². The molecular weight excluding hydrogens is 278 g/mol. The van der Waals surface area contributed by atoms with Crippen molar-refractivity contribution in [3.63, 3.8) is 0 Å². The highest BCUT2D eigenvalue weighted by Crippen LogP contribution is 2.21. The fourth-order valence-corrected chi connectivity index (χ4v) is 1.40. The van der Waals surface area contributed by atoms with Crippen molar-refractivity contribution in [3.05, 3.63) is 63.7 Å². The zero-order valence-electron chi connectivity index (χ0n) is 10.7. The molecule has 2 aromatic carbocycles. The van der Waals surface area contributed by atoms with Gasteiger partial charge in [0.1, 0.15) is 17.8 Å². The average molecular weight is 289 g/mol. The van der Waals surface area contributed by atoms with Crippen LogP contribution in [0.25, 0.3) is 0 Å². The Hall–Kier alpha value is -3.22. The van der Waals surface area contributed by atoms with Gasteiger partial charge >= 0.3 is 0 Å². The van der Waals surface area contributed by atoms with E-state index in [9.17, 15) is 19.7 Å². The molecule has 0 aliphatic rings. The van der Waals surface area contributed by atoms with E-state index in [1.54, 1.807) is 12.1 Å². The summed E-state index contributed by atoms with van der Waals surface area (Å²) in [6.07, 6.45) is 1.03. The van der Waals surface area contributed by atoms with Crippen molar-refractivity contribution in [2.24, 2.45) is 0 Å². The molecule has 0 aliphatic heterocycles. The molecule has 2 aromatic rings. The van der Waals surface area contributed by atoms with Crippen molar-refractivity contribution >= 4 is 18.3 Å². The first-order chi connectivity index (χ1) is 9.97. The summed E-state index contributed by atoms with van der Waals surface area (Å²) in [5, 5.41) is 27.9. The van der Waals surface area contributed by atoms with Gasteiger partial charge in [-0.15, -0.1) is 0 Å². The van der Waals surface area contributed by atoms with Gasteiger partial charge in [0.15, 0.2) is 6.29 Å². The van der Waals surface area contributed by atoms with E-state index in [1.165, 1.54) is 12.1 Å². The monoisotopic (exact) mass is 289 g/mol. The molecule has 0 spiro atoms. The molecule has 0 unspecified atom stereocenters. The second-order valence-electron chi connectivity index (χ2n) is 3.83. The Balaban J connectivity index is 0.000000219. The van der Waals surface area contributed by atoms with E-state index in [0.29, 0.717) is 18.1 Å². The van der Waals surface area contributed by atoms with Gasteiger partial charge in [-0.1, -0.05) is 12.1 Å². The number of nitrogens with zero attached hydrogens (tertiary/aromatic N) is 1. The van der Waals surface area contributed by atoms with Gasteiger partial charge < -0.3 is 10.2 Å². The van der Waals surface area contributed by atoms with Crippen LogP contribution in [0.1, 0.15) is 20.7 Å². The molecule has 0 heterocycles. The Morgan fingerprint density at radius 1 is 0.952 bits per heavy atom. The summed E-state index contributed by atoms with van der Waals surface area (Å²) in [4.78, 5) is 29.9. The Morgan fingerprint density at radius 2 is 1.62 bits per heavy atom. The van der Waals surface area contributed by atoms with Crippen molar-refractivity contribution in [3.8, 4) is 11.5 Å². The SMILES string of the molecule is O=Cc1cc(O)ccc1[N+](=O)[O-].O=Cc1cccc(O)c1. The highest BCUT2D eigenvalue weighted by atomic mass is 16.6. The second kappa shape index (κ2) is 7.39. The van der Waals surface area contributed by atoms with Crippen LogP contribution < -0.4 is 0 Å². The fourth-order valence-electron chi connectivity index (χ4n) is 1.40. The van der Waals surface area contributed by atoms with Gasteiger partial charge in [-0.05, 0) is 24.3 Å². The number of nitro groups is 1. The first kappa shape index (κ1) is 15.8. The quantitative estimate of drug-likeness (QED) is 0.508. The maximum atomic E-state index is 10.3. The number of phenols is 2. The number of benzene rings is 2. The van der Waals surface area contributed by atoms with E-state index in [4.69, 9.17) is 10.2 Å². The third-order valence-electron chi connectivity index (χ3n) is 2.34. The van der Waals surface area contributed by atoms with Gasteiger partial charge in [-0.3, -0.25) is 19.7 Å². The van der Waals surface area contributed by atoms with E-state index in [0.717, 1.165) is 18.2 Å². The first-order valence-electron chi connectivity index (χ1n) is 5.64. The molecule has 0 fully saturated rings. The molecule has 0 aromatic heterocycles. The van der Waals surface area contributed by atoms with Gasteiger partial charge in [0.25, 0.3) is 5.69 Å². The maximum Gasteiger partial charge on any atom is 0.280 e. The van der Waals surface area contributed by atoms with Crippen molar-refractivity contribution < 1.29 is 24.7 Å². The molecule has 2 N–H and O–H groups in total. The number of carbonyl (C=O) groups is 2. The summed E-state index contributed by atoms with van der Waals surface area (Å²) in [6, 6.07) is 9.47. The van der Waals surface area contributed by atoms with E-state index in [1.807, 2.05) is 0 Å². The third-order valence-corrected chi connectivity index (χ3v) is 2.34. The lowest BCUT2D eigenvalue weighted by Gasteiger charge is -1.95. The summed E-state index contributed by atoms with van der Waals surface area (Å²) in [5.41, 5.74) is 0.0674. The number of hydrogen-bond acceptors (Lipinski definition) is 6. The Bertz CT molecular complexity index is 668. The Labute approximate surface area is 119 Å². The van der Waals surface area contributed by atoms with Gasteiger partial charge in [-0.25, -0.2) is 0 Å². The predicted octanol–water partition coefficient (Wildman–Crippen LogP) is 2.32. The summed E-state index contributed by atoms with van der Waals surface area (Å²) >= 11 is 0. The fraction of sp³-hybridized carbons (Fsp3) is 0. The van der Waals surface area contributed by atoms with Crippen LogP contribution in [-0.2, 0) is 0 Å². The lowest BCUT2D eigenvalue weighted by Crippen LogP contribution is -1.93. The topological polar surface area (TPSA) is 118 Å². The van der Waals surface area contributed by atoms with Crippen LogP contribution in [-0.4, -0.2) is 27.7 Å². The minimum absolute atomic E-state index is 0.125. The number of carbonyl (C=O) groups excluding carboxylic acids is 2. The second-order valence-corrected chi connectivity index (χ2v) is 3.83. The summed E-state index contributed by atoms with van der Waals surface area (Å²) in [5.74, 6) is -0.0395. The lowest BCUT2D eigenvalue weighted by molar-refractivity contribution is -0.385. The third kappa shape index (κ3) is 4.75. The standard InChI is InChI=1S/C7H5NO4.C7H6O2/c9-4-5-3-6(10)1-2-7(5)8(11)12;8-5-6-2-1-3-7(9)4-6/h1-4,10H;1-5,9H. The maximum absolute atomic E-state index is 10.3. The molecule has 108 valence electrons. The number of hydrogen-bond donors (Lipinski definition) is 2. The molecule has 0 bridgehead atoms. The molecular formula is C14H11NO6. The molecule has 2 rings (SSSR count). The number of phenolic OH excluding ortho intramolecular Hbond substituents is 2. The highest BCUT2D eigenvalue weighted by molar-refractivity contribution is 5.82. The van der Waals surface area contributed by atoms with Crippen LogP contribution in [0.2, 0.25) is 0 Å². The zero-order chi connectivity index (χ0) is 15.8. The number of aromatic hydroxyl groups is 2. The van der Waals surface area contributed by atoms with E-state index < -0.39 is 4.92 Å². The molecule has 0 amide bonds. The van der Waals surface area contributed by atoms with Crippen molar-refractivity contribution in [1.82, 2.24) is 0 Å². The van der Waals surface area contributed by atoms with E-state index >= 15 is 0 Å². The minimum Gasteiger partial charge on any atom is -0.508 e. The molecule has 7 nitrogen and oxygen atoms in total. The molecule has 0 aliphatic carbocycles. The van der Waals surface area contributed by atoms with Crippen LogP contribution in [0, 0.1) is 10.1 Å². The number of aldehydes is 2. The molecule has 7 heteroatoms. The smallest absolute Gasteiger partial charge is 0.280 e. The average Bonchev–Trinajstić information content (AvgIpc) is 2.47. The van der Waals surface area contributed by atoms with Crippen molar-refractivity contribution in [1.29, 1.82) is 0 Å². The Kier molecular flexibility index (Phi) is 5.57.